The highest BCUT2D eigenvalue weighted by molar-refractivity contribution is 7.80. The molecule has 3 rings (SSSR count). The van der Waals surface area contributed by atoms with E-state index in [0.29, 0.717) is 22.5 Å². The van der Waals surface area contributed by atoms with Crippen molar-refractivity contribution < 1.29 is 13.7 Å². The second-order valence-corrected chi connectivity index (χ2v) is 11.5. The van der Waals surface area contributed by atoms with Crippen molar-refractivity contribution in [2.24, 2.45) is 5.73 Å². The van der Waals surface area contributed by atoms with Crippen molar-refractivity contribution >= 4 is 31.9 Å². The zero-order valence-corrected chi connectivity index (χ0v) is 22.0. The van der Waals surface area contributed by atoms with E-state index in [4.69, 9.17) is 31.6 Å². The Morgan fingerprint density at radius 1 is 1.12 bits per heavy atom. The first-order valence-corrected chi connectivity index (χ1v) is 13.5. The normalized spacial score (nSPS) is 12.5. The topological polar surface area (TPSA) is 95.4 Å². The van der Waals surface area contributed by atoms with Gasteiger partial charge in [-0.3, -0.25) is 0 Å². The lowest BCUT2D eigenvalue weighted by molar-refractivity contribution is 0.377. The first kappa shape index (κ1) is 24.7. The van der Waals surface area contributed by atoms with E-state index in [2.05, 4.69) is 55.4 Å². The SMILES string of the molecule is COc1c(C(C)(C)C)ccc(C(Nc2ccc(-c3noc(C)n3)cc2)C(N)=S)c1O[Si](C)C. The van der Waals surface area contributed by atoms with Crippen LogP contribution in [-0.4, -0.2) is 31.3 Å². The van der Waals surface area contributed by atoms with E-state index >= 15 is 0 Å². The smallest absolute Gasteiger partial charge is 0.274 e. The van der Waals surface area contributed by atoms with Crippen molar-refractivity contribution in [1.82, 2.24) is 10.1 Å². The monoisotopic (exact) mass is 483 g/mol. The first-order valence-electron chi connectivity index (χ1n) is 10.7. The summed E-state index contributed by atoms with van der Waals surface area (Å²) in [7, 11) is 0.586. The van der Waals surface area contributed by atoms with E-state index in [1.165, 1.54) is 0 Å². The summed E-state index contributed by atoms with van der Waals surface area (Å²) in [4.78, 5) is 4.58. The number of aryl methyl sites for hydroxylation is 1. The fraction of sp³-hybridized carbons (Fsp3) is 0.375. The molecule has 0 bridgehead atoms. The molecule has 1 atom stereocenters. The molecule has 33 heavy (non-hydrogen) atoms. The number of thiocarbonyl (C=S) groups is 1. The Morgan fingerprint density at radius 3 is 2.27 bits per heavy atom. The van der Waals surface area contributed by atoms with Crippen LogP contribution in [0, 0.1) is 6.92 Å². The van der Waals surface area contributed by atoms with Crippen LogP contribution in [0.3, 0.4) is 0 Å². The molecular formula is C24H31N4O3SSi. The van der Waals surface area contributed by atoms with Crippen molar-refractivity contribution in [3.8, 4) is 22.9 Å². The summed E-state index contributed by atoms with van der Waals surface area (Å²) in [6.07, 6.45) is 0. The minimum atomic E-state index is -1.08. The van der Waals surface area contributed by atoms with Crippen LogP contribution < -0.4 is 20.2 Å². The van der Waals surface area contributed by atoms with Crippen LogP contribution in [0.25, 0.3) is 11.4 Å². The zero-order chi connectivity index (χ0) is 24.3. The Morgan fingerprint density at radius 2 is 1.79 bits per heavy atom. The quantitative estimate of drug-likeness (QED) is 0.324. The lowest BCUT2D eigenvalue weighted by atomic mass is 9.84. The number of ether oxygens (including phenoxy) is 1. The third-order valence-corrected chi connectivity index (χ3v) is 5.89. The molecule has 7 nitrogen and oxygen atoms in total. The van der Waals surface area contributed by atoms with Gasteiger partial charge in [0.05, 0.1) is 7.11 Å². The number of nitrogens with zero attached hydrogens (tertiary/aromatic N) is 2. The highest BCUT2D eigenvalue weighted by Gasteiger charge is 2.28. The molecule has 0 saturated heterocycles. The van der Waals surface area contributed by atoms with E-state index in [9.17, 15) is 0 Å². The minimum absolute atomic E-state index is 0.119. The predicted molar refractivity (Wildman–Crippen MR) is 137 cm³/mol. The molecule has 0 amide bonds. The van der Waals surface area contributed by atoms with Crippen molar-refractivity contribution in [1.29, 1.82) is 0 Å². The number of nitrogens with two attached hydrogens (primary N) is 1. The van der Waals surface area contributed by atoms with Gasteiger partial charge in [0.15, 0.2) is 11.5 Å². The molecule has 1 aromatic heterocycles. The molecule has 0 spiro atoms. The lowest BCUT2D eigenvalue weighted by Crippen LogP contribution is -2.28. The van der Waals surface area contributed by atoms with Crippen molar-refractivity contribution in [3.05, 3.63) is 53.4 Å². The van der Waals surface area contributed by atoms with Gasteiger partial charge in [0.25, 0.3) is 9.04 Å². The third-order valence-electron chi connectivity index (χ3n) is 5.04. The molecule has 9 heteroatoms. The average molecular weight is 484 g/mol. The zero-order valence-electron chi connectivity index (χ0n) is 20.1. The molecule has 2 aromatic carbocycles. The Hall–Kier alpha value is -2.91. The first-order chi connectivity index (χ1) is 15.5. The molecule has 1 radical (unpaired) electrons. The number of aromatic nitrogens is 2. The molecule has 1 unspecified atom stereocenters. The van der Waals surface area contributed by atoms with Crippen molar-refractivity contribution in [2.45, 2.75) is 52.2 Å². The molecule has 0 saturated carbocycles. The van der Waals surface area contributed by atoms with Crippen LogP contribution in [-0.2, 0) is 5.41 Å². The lowest BCUT2D eigenvalue weighted by Gasteiger charge is -2.29. The number of rotatable bonds is 8. The van der Waals surface area contributed by atoms with Crippen LogP contribution >= 0.6 is 12.2 Å². The molecule has 0 fully saturated rings. The van der Waals surface area contributed by atoms with Gasteiger partial charge in [-0.15, -0.1) is 0 Å². The van der Waals surface area contributed by atoms with Crippen molar-refractivity contribution in [2.75, 3.05) is 12.4 Å². The van der Waals surface area contributed by atoms with Gasteiger partial charge in [0.2, 0.25) is 11.7 Å². The summed E-state index contributed by atoms with van der Waals surface area (Å²) in [6.45, 7) is 12.4. The molecule has 0 aliphatic heterocycles. The van der Waals surface area contributed by atoms with Gasteiger partial charge in [-0.1, -0.05) is 50.3 Å². The van der Waals surface area contributed by atoms with E-state index < -0.39 is 15.1 Å². The molecule has 175 valence electrons. The number of hydrogen-bond donors (Lipinski definition) is 2. The van der Waals surface area contributed by atoms with Gasteiger partial charge in [-0.25, -0.2) is 0 Å². The maximum Gasteiger partial charge on any atom is 0.274 e. The summed E-state index contributed by atoms with van der Waals surface area (Å²) in [5, 5.41) is 7.41. The largest absolute Gasteiger partial charge is 0.540 e. The summed E-state index contributed by atoms with van der Waals surface area (Å²) in [6, 6.07) is 11.3. The van der Waals surface area contributed by atoms with E-state index in [1.807, 2.05) is 30.3 Å². The Bertz CT molecular complexity index is 1120. The van der Waals surface area contributed by atoms with Crippen molar-refractivity contribution in [3.63, 3.8) is 0 Å². The summed E-state index contributed by atoms with van der Waals surface area (Å²) < 4.78 is 17.3. The van der Waals surface area contributed by atoms with Crippen LogP contribution in [0.2, 0.25) is 13.1 Å². The van der Waals surface area contributed by atoms with Crippen LogP contribution in [0.4, 0.5) is 5.69 Å². The molecular weight excluding hydrogens is 452 g/mol. The van der Waals surface area contributed by atoms with Gasteiger partial charge < -0.3 is 24.7 Å². The molecule has 1 heterocycles. The fourth-order valence-electron chi connectivity index (χ4n) is 3.51. The number of hydrogen-bond acceptors (Lipinski definition) is 7. The number of methoxy groups -OCH3 is 1. The predicted octanol–water partition coefficient (Wildman–Crippen LogP) is 5.42. The van der Waals surface area contributed by atoms with Crippen LogP contribution in [0.1, 0.15) is 43.8 Å². The van der Waals surface area contributed by atoms with E-state index in [1.54, 1.807) is 14.0 Å². The number of anilines is 1. The molecule has 3 N–H and O–H groups in total. The highest BCUT2D eigenvalue weighted by Crippen LogP contribution is 2.44. The summed E-state index contributed by atoms with van der Waals surface area (Å²) in [5.74, 6) is 2.47. The maximum absolute atomic E-state index is 6.35. The Kier molecular flexibility index (Phi) is 7.43. The van der Waals surface area contributed by atoms with Gasteiger partial charge in [-0.2, -0.15) is 4.98 Å². The summed E-state index contributed by atoms with van der Waals surface area (Å²) >= 11 is 5.46. The van der Waals surface area contributed by atoms with Gasteiger partial charge >= 0.3 is 0 Å². The number of benzene rings is 2. The maximum atomic E-state index is 6.35. The standard InChI is InChI=1S/C24H31N4O3SSi/c1-14-26-23(28-30-14)15-8-10-16(11-9-15)27-19(22(25)32)17-12-13-18(24(2,3)4)21(29-5)20(17)31-33(6)7/h8-13,19,27H,1-7H3,(H2,25,32). The second kappa shape index (κ2) is 9.92. The Balaban J connectivity index is 2.01. The third kappa shape index (κ3) is 5.72. The van der Waals surface area contributed by atoms with E-state index in [0.717, 1.165) is 28.1 Å². The second-order valence-electron chi connectivity index (χ2n) is 9.02. The molecule has 3 aromatic rings. The molecule has 0 aliphatic carbocycles. The minimum Gasteiger partial charge on any atom is -0.540 e. The van der Waals surface area contributed by atoms with Gasteiger partial charge in [0.1, 0.15) is 11.0 Å². The molecule has 0 aliphatic rings. The van der Waals surface area contributed by atoms with Gasteiger partial charge in [0, 0.05) is 29.3 Å². The van der Waals surface area contributed by atoms with Crippen LogP contribution in [0.5, 0.6) is 11.5 Å². The summed E-state index contributed by atoms with van der Waals surface area (Å²) in [5.41, 5.74) is 9.69. The average Bonchev–Trinajstić information content (AvgIpc) is 3.17. The highest BCUT2D eigenvalue weighted by atomic mass is 32.1. The van der Waals surface area contributed by atoms with E-state index in [-0.39, 0.29) is 5.41 Å². The Labute approximate surface area is 202 Å². The van der Waals surface area contributed by atoms with Crippen LogP contribution in [0.15, 0.2) is 40.9 Å². The van der Waals surface area contributed by atoms with Gasteiger partial charge in [-0.05, 0) is 42.8 Å². The fourth-order valence-corrected chi connectivity index (χ4v) is 4.31. The number of nitrogens with one attached hydrogen (secondary N) is 1.